The predicted molar refractivity (Wildman–Crippen MR) is 199 cm³/mol. The highest BCUT2D eigenvalue weighted by atomic mass is 32.2. The van der Waals surface area contributed by atoms with E-state index in [9.17, 15) is 33.8 Å². The van der Waals surface area contributed by atoms with Crippen molar-refractivity contribution in [2.45, 2.75) is 94.2 Å². The highest BCUT2D eigenvalue weighted by Gasteiger charge is 2.49. The van der Waals surface area contributed by atoms with Gasteiger partial charge in [0.25, 0.3) is 5.91 Å². The molecule has 0 radical (unpaired) electrons. The lowest BCUT2D eigenvalue weighted by Crippen LogP contribution is -2.57. The summed E-state index contributed by atoms with van der Waals surface area (Å²) in [7, 11) is 0. The summed E-state index contributed by atoms with van der Waals surface area (Å²) in [6, 6.07) is 19.2. The minimum Gasteiger partial charge on any atom is -0.484 e. The predicted octanol–water partition coefficient (Wildman–Crippen LogP) is 5.88. The number of amides is 2. The summed E-state index contributed by atoms with van der Waals surface area (Å²) in [5.41, 5.74) is 3.26. The lowest BCUT2D eigenvalue weighted by Gasteiger charge is -2.47. The Kier molecular flexibility index (Phi) is 13.1. The molecule has 1 unspecified atom stereocenters. The van der Waals surface area contributed by atoms with Gasteiger partial charge in [0, 0.05) is 23.9 Å². The van der Waals surface area contributed by atoms with Crippen LogP contribution < -0.4 is 20.3 Å². The molecule has 1 saturated carbocycles. The first-order valence-corrected chi connectivity index (χ1v) is 18.8. The first-order valence-electron chi connectivity index (χ1n) is 17.8. The van der Waals surface area contributed by atoms with Gasteiger partial charge in [0.1, 0.15) is 22.9 Å². The molecule has 3 aromatic rings. The smallest absolute Gasteiger partial charge is 0.321 e. The number of rotatable bonds is 16. The highest BCUT2D eigenvalue weighted by molar-refractivity contribution is 8.00. The zero-order valence-corrected chi connectivity index (χ0v) is 30.7. The highest BCUT2D eigenvalue weighted by Crippen LogP contribution is 2.46. The number of carboxylic acid groups (broad SMARTS) is 1. The molecule has 278 valence electrons. The molecule has 0 aromatic heterocycles. The zero-order chi connectivity index (χ0) is 37.4. The number of carbonyl (C=O) groups excluding carboxylic acids is 3. The van der Waals surface area contributed by atoms with Gasteiger partial charge >= 0.3 is 5.97 Å². The monoisotopic (exact) mass is 733 g/mol. The van der Waals surface area contributed by atoms with E-state index < -0.39 is 46.9 Å². The lowest BCUT2D eigenvalue weighted by atomic mass is 9.86. The molecule has 3 aromatic carbocycles. The number of thioether (sulfide) groups is 1. The van der Waals surface area contributed by atoms with Gasteiger partial charge in [-0.3, -0.25) is 19.2 Å². The third-order valence-corrected chi connectivity index (χ3v) is 10.9. The molecule has 5 rings (SSSR count). The van der Waals surface area contributed by atoms with Crippen LogP contribution >= 0.6 is 11.8 Å². The number of aliphatic hydroxyl groups is 1. The Bertz CT molecular complexity index is 1690. The molecule has 4 N–H and O–H groups in total. The number of ketones is 1. The molecule has 1 saturated heterocycles. The van der Waals surface area contributed by atoms with E-state index in [0.29, 0.717) is 17.2 Å². The largest absolute Gasteiger partial charge is 0.484 e. The summed E-state index contributed by atoms with van der Waals surface area (Å²) in [4.78, 5) is 51.8. The Morgan fingerprint density at radius 2 is 1.62 bits per heavy atom. The van der Waals surface area contributed by atoms with Crippen molar-refractivity contribution >= 4 is 41.0 Å². The fraction of sp³-hybridized carbons (Fsp3) is 0.450. The SMILES string of the molecule is CC(C)(C)c1ccc(C(O)CS[C@H]2C(=O)N(c3ccc(F)cc3)[C@@H]2c2ccc(OCC(=O)NCC(=O)C[C@@H](NC3CCCCC3)C(=O)O)cc2)cc1. The molecule has 52 heavy (non-hydrogen) atoms. The minimum absolute atomic E-state index is 0.0124. The Labute approximate surface area is 308 Å². The zero-order valence-electron chi connectivity index (χ0n) is 29.8. The van der Waals surface area contributed by atoms with Crippen molar-refractivity contribution in [3.63, 3.8) is 0 Å². The fourth-order valence-electron chi connectivity index (χ4n) is 6.56. The van der Waals surface area contributed by atoms with Gasteiger partial charge in [0.15, 0.2) is 12.4 Å². The number of hydrogen-bond acceptors (Lipinski definition) is 8. The number of anilines is 1. The van der Waals surface area contributed by atoms with Gasteiger partial charge < -0.3 is 30.5 Å². The van der Waals surface area contributed by atoms with Crippen LogP contribution in [0.15, 0.2) is 72.8 Å². The summed E-state index contributed by atoms with van der Waals surface area (Å²) in [5.74, 6) is -1.88. The number of benzene rings is 3. The van der Waals surface area contributed by atoms with Crippen molar-refractivity contribution in [3.8, 4) is 5.75 Å². The third kappa shape index (κ3) is 10.2. The van der Waals surface area contributed by atoms with E-state index in [1.165, 1.54) is 23.9 Å². The summed E-state index contributed by atoms with van der Waals surface area (Å²) in [5, 5.41) is 25.6. The van der Waals surface area contributed by atoms with Crippen molar-refractivity contribution in [2.24, 2.45) is 0 Å². The fourth-order valence-corrected chi connectivity index (χ4v) is 7.86. The van der Waals surface area contributed by atoms with Crippen LogP contribution in [-0.4, -0.2) is 70.0 Å². The van der Waals surface area contributed by atoms with E-state index in [-0.39, 0.29) is 36.9 Å². The maximum absolute atomic E-state index is 13.7. The molecule has 10 nitrogen and oxygen atoms in total. The maximum Gasteiger partial charge on any atom is 0.321 e. The number of ether oxygens (including phenoxy) is 1. The Morgan fingerprint density at radius 1 is 0.962 bits per heavy atom. The number of Topliss-reactive ketones (excluding diaryl/α,β-unsaturated/α-hetero) is 1. The van der Waals surface area contributed by atoms with Gasteiger partial charge in [0.2, 0.25) is 5.91 Å². The van der Waals surface area contributed by atoms with Crippen molar-refractivity contribution in [1.82, 2.24) is 10.6 Å². The van der Waals surface area contributed by atoms with Crippen LogP contribution in [0, 0.1) is 5.82 Å². The summed E-state index contributed by atoms with van der Waals surface area (Å²) >= 11 is 1.36. The summed E-state index contributed by atoms with van der Waals surface area (Å²) < 4.78 is 19.4. The van der Waals surface area contributed by atoms with Crippen LogP contribution in [0.4, 0.5) is 10.1 Å². The molecule has 4 atom stereocenters. The third-order valence-electron chi connectivity index (χ3n) is 9.59. The topological polar surface area (TPSA) is 145 Å². The van der Waals surface area contributed by atoms with Crippen LogP contribution in [0.1, 0.15) is 88.1 Å². The number of carbonyl (C=O) groups is 4. The first kappa shape index (κ1) is 39.0. The normalized spacial score (nSPS) is 19.0. The van der Waals surface area contributed by atoms with E-state index in [4.69, 9.17) is 4.74 Å². The van der Waals surface area contributed by atoms with Crippen LogP contribution in [0.3, 0.4) is 0 Å². The molecule has 1 aliphatic carbocycles. The Morgan fingerprint density at radius 3 is 2.23 bits per heavy atom. The van der Waals surface area contributed by atoms with E-state index in [0.717, 1.165) is 48.8 Å². The van der Waals surface area contributed by atoms with Gasteiger partial charge in [-0.1, -0.05) is 76.4 Å². The van der Waals surface area contributed by atoms with E-state index in [2.05, 4.69) is 31.4 Å². The van der Waals surface area contributed by atoms with Gasteiger partial charge in [-0.15, -0.1) is 11.8 Å². The maximum atomic E-state index is 13.7. The van der Waals surface area contributed by atoms with Crippen LogP contribution in [0.5, 0.6) is 5.75 Å². The van der Waals surface area contributed by atoms with Gasteiger partial charge in [-0.2, -0.15) is 0 Å². The second-order valence-electron chi connectivity index (χ2n) is 14.5. The van der Waals surface area contributed by atoms with E-state index in [1.807, 2.05) is 24.3 Å². The van der Waals surface area contributed by atoms with Gasteiger partial charge in [-0.25, -0.2) is 4.39 Å². The quantitative estimate of drug-likeness (QED) is 0.133. The van der Waals surface area contributed by atoms with Crippen molar-refractivity contribution < 1.29 is 38.5 Å². The second kappa shape index (κ2) is 17.5. The number of halogens is 1. The average molecular weight is 734 g/mol. The molecule has 12 heteroatoms. The Hall–Kier alpha value is -4.26. The standard InChI is InChI=1S/C40H48FN3O7S/c1-40(2,3)27-13-9-25(10-14-27)34(46)24-52-37-36(44(38(37)48)30-17-15-28(41)16-18-30)26-11-19-32(20-12-26)51-23-35(47)42-22-31(45)21-33(39(49)50)43-29-7-5-4-6-8-29/h9-20,29,33-34,36-37,43,46H,4-8,21-24H2,1-3H3,(H,42,47)(H,49,50)/t33-,34?,36-,37-/m1/s1. The number of nitrogens with zero attached hydrogens (tertiary/aromatic N) is 1. The second-order valence-corrected chi connectivity index (χ2v) is 15.7. The Balaban J connectivity index is 1.16. The van der Waals surface area contributed by atoms with E-state index in [1.54, 1.807) is 41.3 Å². The minimum atomic E-state index is -1.09. The van der Waals surface area contributed by atoms with E-state index >= 15 is 0 Å². The van der Waals surface area contributed by atoms with Gasteiger partial charge in [0.05, 0.1) is 18.7 Å². The van der Waals surface area contributed by atoms with Crippen LogP contribution in [0.2, 0.25) is 0 Å². The van der Waals surface area contributed by atoms with Crippen LogP contribution in [-0.2, 0) is 24.6 Å². The number of hydrogen-bond donors (Lipinski definition) is 4. The molecule has 2 fully saturated rings. The summed E-state index contributed by atoms with van der Waals surface area (Å²) in [6.07, 6.45) is 3.96. The molecular weight excluding hydrogens is 686 g/mol. The lowest BCUT2D eigenvalue weighted by molar-refractivity contribution is -0.141. The molecule has 0 spiro atoms. The van der Waals surface area contributed by atoms with Gasteiger partial charge in [-0.05, 0) is 71.3 Å². The molecule has 0 bridgehead atoms. The molecule has 1 heterocycles. The first-order chi connectivity index (χ1) is 24.8. The number of aliphatic hydroxyl groups excluding tert-OH is 1. The number of carboxylic acids is 1. The average Bonchev–Trinajstić information content (AvgIpc) is 3.13. The van der Waals surface area contributed by atoms with Crippen molar-refractivity contribution in [2.75, 3.05) is 23.8 Å². The number of β-lactam (4-membered cyclic amide) rings is 1. The molecule has 2 aliphatic rings. The number of aliphatic carboxylic acids is 1. The van der Waals surface area contributed by atoms with Crippen LogP contribution in [0.25, 0.3) is 0 Å². The summed E-state index contributed by atoms with van der Waals surface area (Å²) in [6.45, 7) is 5.72. The molecular formula is C40H48FN3O7S. The molecule has 2 amide bonds. The van der Waals surface area contributed by atoms with Crippen molar-refractivity contribution in [1.29, 1.82) is 0 Å². The number of nitrogens with one attached hydrogen (secondary N) is 2. The molecule has 1 aliphatic heterocycles. The van der Waals surface area contributed by atoms with Crippen molar-refractivity contribution in [3.05, 3.63) is 95.3 Å².